The predicted molar refractivity (Wildman–Crippen MR) is 96.0 cm³/mol. The average Bonchev–Trinajstić information content (AvgIpc) is 3.01. The van der Waals surface area contributed by atoms with Crippen LogP contribution in [0.4, 0.5) is 0 Å². The number of aromatic nitrogens is 4. The zero-order valence-corrected chi connectivity index (χ0v) is 13.9. The summed E-state index contributed by atoms with van der Waals surface area (Å²) >= 11 is 6.18. The molecule has 0 fully saturated rings. The Hall–Kier alpha value is -2.72. The van der Waals surface area contributed by atoms with Gasteiger partial charge in [-0.2, -0.15) is 5.10 Å². The number of halogens is 1. The van der Waals surface area contributed by atoms with Crippen LogP contribution in [-0.2, 0) is 6.42 Å². The smallest absolute Gasteiger partial charge is 0.163 e. The van der Waals surface area contributed by atoms with E-state index in [1.54, 1.807) is 12.4 Å². The highest BCUT2D eigenvalue weighted by molar-refractivity contribution is 6.30. The van der Waals surface area contributed by atoms with Gasteiger partial charge in [-0.3, -0.25) is 4.98 Å². The SMILES string of the molecule is CCc1nn2c(-c3ccncc3)ccnc2c1-c1cccc(Cl)c1. The minimum absolute atomic E-state index is 0.708. The standard InChI is InChI=1S/C19H15ClN4/c1-2-16-18(14-4-3-5-15(20)12-14)19-22-11-8-17(24(19)23-16)13-6-9-21-10-7-13/h3-12H,2H2,1H3. The summed E-state index contributed by atoms with van der Waals surface area (Å²) in [6.45, 7) is 2.10. The summed E-state index contributed by atoms with van der Waals surface area (Å²) in [7, 11) is 0. The van der Waals surface area contributed by atoms with Crippen molar-refractivity contribution >= 4 is 17.2 Å². The molecule has 0 aliphatic carbocycles. The van der Waals surface area contributed by atoms with E-state index in [-0.39, 0.29) is 0 Å². The molecule has 1 aromatic carbocycles. The molecule has 0 radical (unpaired) electrons. The molecular formula is C19H15ClN4. The van der Waals surface area contributed by atoms with Crippen molar-refractivity contribution in [2.45, 2.75) is 13.3 Å². The van der Waals surface area contributed by atoms with E-state index in [1.165, 1.54) is 0 Å². The molecule has 3 heterocycles. The zero-order valence-electron chi connectivity index (χ0n) is 13.1. The number of fused-ring (bicyclic) bond motifs is 1. The Bertz CT molecular complexity index is 1010. The van der Waals surface area contributed by atoms with Gasteiger partial charge in [-0.05, 0) is 42.3 Å². The lowest BCUT2D eigenvalue weighted by Crippen LogP contribution is -1.96. The molecule has 3 aromatic heterocycles. The van der Waals surface area contributed by atoms with Crippen molar-refractivity contribution < 1.29 is 0 Å². The van der Waals surface area contributed by atoms with E-state index in [0.717, 1.165) is 40.1 Å². The highest BCUT2D eigenvalue weighted by atomic mass is 35.5. The average molecular weight is 335 g/mol. The van der Waals surface area contributed by atoms with Crippen molar-refractivity contribution in [3.8, 4) is 22.4 Å². The molecule has 0 unspecified atom stereocenters. The molecule has 0 aliphatic rings. The topological polar surface area (TPSA) is 43.1 Å². The van der Waals surface area contributed by atoms with Crippen molar-refractivity contribution in [1.82, 2.24) is 19.6 Å². The molecule has 4 rings (SSSR count). The summed E-state index contributed by atoms with van der Waals surface area (Å²) < 4.78 is 1.91. The highest BCUT2D eigenvalue weighted by Crippen LogP contribution is 2.31. The van der Waals surface area contributed by atoms with Crippen molar-refractivity contribution in [1.29, 1.82) is 0 Å². The zero-order chi connectivity index (χ0) is 16.5. The van der Waals surface area contributed by atoms with Crippen LogP contribution in [0.2, 0.25) is 5.02 Å². The van der Waals surface area contributed by atoms with Crippen LogP contribution in [0.1, 0.15) is 12.6 Å². The Morgan fingerprint density at radius 1 is 1.00 bits per heavy atom. The predicted octanol–water partition coefficient (Wildman–Crippen LogP) is 4.67. The van der Waals surface area contributed by atoms with Crippen molar-refractivity contribution in [3.05, 3.63) is 71.8 Å². The minimum Gasteiger partial charge on any atom is -0.265 e. The number of aryl methyl sites for hydroxylation is 1. The number of hydrogen-bond acceptors (Lipinski definition) is 3. The van der Waals surface area contributed by atoms with Crippen LogP contribution in [-0.4, -0.2) is 19.6 Å². The van der Waals surface area contributed by atoms with Gasteiger partial charge in [0, 0.05) is 34.7 Å². The fourth-order valence-corrected chi connectivity index (χ4v) is 3.11. The van der Waals surface area contributed by atoms with E-state index < -0.39 is 0 Å². The van der Waals surface area contributed by atoms with Gasteiger partial charge in [0.1, 0.15) is 0 Å². The summed E-state index contributed by atoms with van der Waals surface area (Å²) in [6, 6.07) is 13.7. The van der Waals surface area contributed by atoms with E-state index in [1.807, 2.05) is 53.2 Å². The lowest BCUT2D eigenvalue weighted by molar-refractivity contribution is 0.893. The molecule has 0 atom stereocenters. The lowest BCUT2D eigenvalue weighted by Gasteiger charge is -2.05. The van der Waals surface area contributed by atoms with Crippen LogP contribution >= 0.6 is 11.6 Å². The Morgan fingerprint density at radius 3 is 2.58 bits per heavy atom. The first kappa shape index (κ1) is 14.8. The van der Waals surface area contributed by atoms with Gasteiger partial charge in [-0.15, -0.1) is 0 Å². The maximum Gasteiger partial charge on any atom is 0.163 e. The summed E-state index contributed by atoms with van der Waals surface area (Å²) in [5.74, 6) is 0. The molecule has 118 valence electrons. The van der Waals surface area contributed by atoms with Gasteiger partial charge in [0.2, 0.25) is 0 Å². The number of benzene rings is 1. The number of nitrogens with zero attached hydrogens (tertiary/aromatic N) is 4. The molecule has 0 amide bonds. The van der Waals surface area contributed by atoms with E-state index in [4.69, 9.17) is 16.7 Å². The third-order valence-electron chi connectivity index (χ3n) is 4.02. The molecule has 4 aromatic rings. The maximum atomic E-state index is 6.18. The van der Waals surface area contributed by atoms with Gasteiger partial charge in [-0.25, -0.2) is 9.50 Å². The van der Waals surface area contributed by atoms with Crippen LogP contribution in [0.5, 0.6) is 0 Å². The van der Waals surface area contributed by atoms with Crippen molar-refractivity contribution in [2.75, 3.05) is 0 Å². The van der Waals surface area contributed by atoms with Gasteiger partial charge < -0.3 is 0 Å². The summed E-state index contributed by atoms with van der Waals surface area (Å²) in [6.07, 6.45) is 6.20. The first-order valence-corrected chi connectivity index (χ1v) is 8.18. The Labute approximate surface area is 144 Å². The van der Waals surface area contributed by atoms with Crippen LogP contribution < -0.4 is 0 Å². The second-order valence-corrected chi connectivity index (χ2v) is 5.92. The van der Waals surface area contributed by atoms with Crippen molar-refractivity contribution in [3.63, 3.8) is 0 Å². The van der Waals surface area contributed by atoms with E-state index in [0.29, 0.717) is 5.02 Å². The molecule has 0 saturated carbocycles. The normalized spacial score (nSPS) is 11.1. The van der Waals surface area contributed by atoms with E-state index >= 15 is 0 Å². The highest BCUT2D eigenvalue weighted by Gasteiger charge is 2.17. The fourth-order valence-electron chi connectivity index (χ4n) is 2.92. The van der Waals surface area contributed by atoms with Gasteiger partial charge >= 0.3 is 0 Å². The summed E-state index contributed by atoms with van der Waals surface area (Å²) in [5, 5.41) is 5.51. The van der Waals surface area contributed by atoms with Crippen LogP contribution in [0.25, 0.3) is 28.0 Å². The van der Waals surface area contributed by atoms with E-state index in [2.05, 4.69) is 16.9 Å². The minimum atomic E-state index is 0.708. The van der Waals surface area contributed by atoms with Crippen LogP contribution in [0, 0.1) is 0 Å². The largest absolute Gasteiger partial charge is 0.265 e. The Kier molecular flexibility index (Phi) is 3.75. The third kappa shape index (κ3) is 2.45. The van der Waals surface area contributed by atoms with Gasteiger partial charge in [0.25, 0.3) is 0 Å². The lowest BCUT2D eigenvalue weighted by atomic mass is 10.0. The molecule has 0 N–H and O–H groups in total. The van der Waals surface area contributed by atoms with Gasteiger partial charge in [0.05, 0.1) is 11.4 Å². The van der Waals surface area contributed by atoms with Gasteiger partial charge in [0.15, 0.2) is 5.65 Å². The molecule has 5 heteroatoms. The maximum absolute atomic E-state index is 6.18. The first-order chi connectivity index (χ1) is 11.8. The molecule has 0 spiro atoms. The molecule has 0 aliphatic heterocycles. The molecule has 4 nitrogen and oxygen atoms in total. The monoisotopic (exact) mass is 334 g/mol. The molecule has 0 bridgehead atoms. The summed E-state index contributed by atoms with van der Waals surface area (Å²) in [4.78, 5) is 8.67. The van der Waals surface area contributed by atoms with Crippen LogP contribution in [0.15, 0.2) is 61.1 Å². The van der Waals surface area contributed by atoms with Crippen LogP contribution in [0.3, 0.4) is 0 Å². The quantitative estimate of drug-likeness (QED) is 0.546. The molecular weight excluding hydrogens is 320 g/mol. The second kappa shape index (κ2) is 6.06. The van der Waals surface area contributed by atoms with Gasteiger partial charge in [-0.1, -0.05) is 30.7 Å². The first-order valence-electron chi connectivity index (χ1n) is 7.81. The Morgan fingerprint density at radius 2 is 1.83 bits per heavy atom. The number of rotatable bonds is 3. The number of hydrogen-bond donors (Lipinski definition) is 0. The molecule has 24 heavy (non-hydrogen) atoms. The fraction of sp³-hybridized carbons (Fsp3) is 0.105. The van der Waals surface area contributed by atoms with E-state index in [9.17, 15) is 0 Å². The van der Waals surface area contributed by atoms with Crippen molar-refractivity contribution in [2.24, 2.45) is 0 Å². The molecule has 0 saturated heterocycles. The Balaban J connectivity index is 2.02. The number of pyridine rings is 1. The summed E-state index contributed by atoms with van der Waals surface area (Å²) in [5.41, 5.74) is 5.96. The second-order valence-electron chi connectivity index (χ2n) is 5.49. The third-order valence-corrected chi connectivity index (χ3v) is 4.25.